The van der Waals surface area contributed by atoms with Gasteiger partial charge in [-0.25, -0.2) is 32.2 Å². The molecule has 204 valence electrons. The normalized spacial score (nSPS) is 14.1. The molecular weight excluding hydrogens is 552 g/mol. The summed E-state index contributed by atoms with van der Waals surface area (Å²) < 4.78 is 55.8. The monoisotopic (exact) mass is 575 g/mol. The van der Waals surface area contributed by atoms with Gasteiger partial charge in [0, 0.05) is 66.8 Å². The Bertz CT molecular complexity index is 1670. The van der Waals surface area contributed by atoms with Crippen molar-refractivity contribution in [1.29, 1.82) is 0 Å². The van der Waals surface area contributed by atoms with Gasteiger partial charge in [-0.15, -0.1) is 0 Å². The molecule has 0 atom stereocenters. The van der Waals surface area contributed by atoms with Crippen molar-refractivity contribution in [3.63, 3.8) is 0 Å². The zero-order valence-corrected chi connectivity index (χ0v) is 22.3. The second-order valence-corrected chi connectivity index (χ2v) is 11.2. The number of hydrogen-bond acceptors (Lipinski definition) is 8. The number of nitrogens with zero attached hydrogens (tertiary/aromatic N) is 4. The van der Waals surface area contributed by atoms with E-state index in [4.69, 9.17) is 11.6 Å². The molecule has 1 aromatic carbocycles. The maximum absolute atomic E-state index is 15.3. The fourth-order valence-corrected chi connectivity index (χ4v) is 5.71. The lowest BCUT2D eigenvalue weighted by Gasteiger charge is -2.27. The number of rotatable bonds is 8. The van der Waals surface area contributed by atoms with E-state index in [0.717, 1.165) is 38.3 Å². The molecule has 0 unspecified atom stereocenters. The fourth-order valence-electron chi connectivity index (χ4n) is 4.34. The molecule has 4 aromatic rings. The minimum absolute atomic E-state index is 0.0571. The second-order valence-electron chi connectivity index (χ2n) is 8.97. The van der Waals surface area contributed by atoms with Gasteiger partial charge in [0.1, 0.15) is 22.3 Å². The predicted octanol–water partition coefficient (Wildman–Crippen LogP) is 3.74. The van der Waals surface area contributed by atoms with Crippen LogP contribution < -0.4 is 14.9 Å². The Morgan fingerprint density at radius 3 is 2.64 bits per heavy atom. The zero-order valence-electron chi connectivity index (χ0n) is 20.8. The molecule has 39 heavy (non-hydrogen) atoms. The third-order valence-electron chi connectivity index (χ3n) is 6.28. The summed E-state index contributed by atoms with van der Waals surface area (Å²) >= 11 is 6.50. The highest BCUT2D eigenvalue weighted by Gasteiger charge is 2.25. The molecule has 1 fully saturated rings. The van der Waals surface area contributed by atoms with E-state index < -0.39 is 38.7 Å². The molecule has 0 spiro atoms. The Hall–Kier alpha value is -3.68. The van der Waals surface area contributed by atoms with Gasteiger partial charge >= 0.3 is 0 Å². The number of aromatic amines is 1. The molecule has 0 aliphatic carbocycles. The number of ketones is 1. The summed E-state index contributed by atoms with van der Waals surface area (Å²) in [4.78, 5) is 31.5. The Kier molecular flexibility index (Phi) is 7.47. The van der Waals surface area contributed by atoms with Crippen molar-refractivity contribution >= 4 is 50.1 Å². The maximum atomic E-state index is 15.3. The predicted molar refractivity (Wildman–Crippen MR) is 145 cm³/mol. The van der Waals surface area contributed by atoms with Gasteiger partial charge in [0.25, 0.3) is 0 Å². The molecule has 1 saturated heterocycles. The number of carbonyl (C=O) groups excluding carboxylic acids is 1. The van der Waals surface area contributed by atoms with Crippen LogP contribution in [0.4, 0.5) is 20.4 Å². The number of benzene rings is 1. The first-order valence-corrected chi connectivity index (χ1v) is 14.2. The number of pyridine rings is 1. The number of H-pyrrole nitrogens is 1. The van der Waals surface area contributed by atoms with Crippen molar-refractivity contribution in [1.82, 2.24) is 25.3 Å². The van der Waals surface area contributed by atoms with Crippen molar-refractivity contribution in [2.24, 2.45) is 0 Å². The van der Waals surface area contributed by atoms with E-state index in [1.54, 1.807) is 25.4 Å². The van der Waals surface area contributed by atoms with Crippen LogP contribution in [-0.2, 0) is 10.0 Å². The number of fused-ring (bicyclic) bond motifs is 1. The third-order valence-corrected chi connectivity index (χ3v) is 8.03. The Balaban J connectivity index is 1.50. The number of nitrogens with one attached hydrogen (secondary N) is 3. The van der Waals surface area contributed by atoms with E-state index in [1.807, 2.05) is 9.62 Å². The van der Waals surface area contributed by atoms with E-state index in [2.05, 4.69) is 25.3 Å². The van der Waals surface area contributed by atoms with Crippen molar-refractivity contribution in [3.05, 3.63) is 64.7 Å². The Morgan fingerprint density at radius 1 is 1.15 bits per heavy atom. The van der Waals surface area contributed by atoms with Gasteiger partial charge in [0.05, 0.1) is 11.3 Å². The molecule has 0 radical (unpaired) electrons. The average Bonchev–Trinajstić information content (AvgIpc) is 3.34. The van der Waals surface area contributed by atoms with E-state index in [9.17, 15) is 17.6 Å². The number of halogens is 3. The van der Waals surface area contributed by atoms with Crippen molar-refractivity contribution in [3.8, 4) is 11.1 Å². The molecule has 1 aliphatic rings. The molecule has 3 N–H and O–H groups in total. The molecule has 5 rings (SSSR count). The molecule has 4 heterocycles. The smallest absolute Gasteiger partial charge is 0.232 e. The maximum Gasteiger partial charge on any atom is 0.232 e. The third kappa shape index (κ3) is 5.42. The summed E-state index contributed by atoms with van der Waals surface area (Å²) in [6.07, 6.45) is 4.73. The minimum atomic E-state index is -4.00. The topological polar surface area (TPSA) is 133 Å². The molecule has 10 nitrogen and oxygen atoms in total. The molecule has 1 aliphatic heterocycles. The summed E-state index contributed by atoms with van der Waals surface area (Å²) in [6, 6.07) is 3.46. The number of carbonyl (C=O) groups is 1. The summed E-state index contributed by atoms with van der Waals surface area (Å²) in [5.74, 6) is -3.05. The van der Waals surface area contributed by atoms with Gasteiger partial charge in [-0.2, -0.15) is 0 Å². The molecule has 0 bridgehead atoms. The van der Waals surface area contributed by atoms with Crippen molar-refractivity contribution in [2.45, 2.75) is 13.3 Å². The van der Waals surface area contributed by atoms with Crippen LogP contribution in [0.2, 0.25) is 5.15 Å². The summed E-state index contributed by atoms with van der Waals surface area (Å²) in [5.41, 5.74) is 0.0236. The highest BCUT2D eigenvalue weighted by atomic mass is 35.5. The van der Waals surface area contributed by atoms with Gasteiger partial charge in [0.2, 0.25) is 16.0 Å². The zero-order chi connectivity index (χ0) is 27.7. The largest absolute Gasteiger partial charge is 0.345 e. The van der Waals surface area contributed by atoms with Gasteiger partial charge in [0.15, 0.2) is 11.6 Å². The first kappa shape index (κ1) is 26.9. The van der Waals surface area contributed by atoms with Gasteiger partial charge in [-0.1, -0.05) is 18.5 Å². The van der Waals surface area contributed by atoms with Crippen LogP contribution >= 0.6 is 11.6 Å². The van der Waals surface area contributed by atoms with Gasteiger partial charge in [-0.05, 0) is 24.6 Å². The first-order chi connectivity index (χ1) is 18.7. The Labute approximate surface area is 227 Å². The molecule has 0 amide bonds. The summed E-state index contributed by atoms with van der Waals surface area (Å²) in [7, 11) is -4.00. The second kappa shape index (κ2) is 10.8. The number of sulfonamides is 1. The molecule has 14 heteroatoms. The Morgan fingerprint density at radius 2 is 1.92 bits per heavy atom. The lowest BCUT2D eigenvalue weighted by atomic mass is 10.0. The number of piperazine rings is 1. The van der Waals surface area contributed by atoms with Crippen molar-refractivity contribution < 1.29 is 22.0 Å². The fraction of sp³-hybridized carbons (Fsp3) is 0.280. The molecule has 0 saturated carbocycles. The van der Waals surface area contributed by atoms with E-state index in [0.29, 0.717) is 28.1 Å². The van der Waals surface area contributed by atoms with Crippen LogP contribution in [0, 0.1) is 11.6 Å². The van der Waals surface area contributed by atoms with E-state index in [1.165, 1.54) is 6.20 Å². The van der Waals surface area contributed by atoms with Crippen LogP contribution in [0.15, 0.2) is 36.8 Å². The standard InChI is InChI=1S/C25H24ClF2N7O3S/c1-2-9-39(37,38)34-21-19(27)4-3-15(20(21)28)22(36)18-13-31-24-16(18)10-14(11-30-24)17-12-32-25(33-23(17)26)35-7-5-29-6-8-35/h3-4,10-13,29,34H,2,5-9H2,1H3,(H,30,31). The van der Waals surface area contributed by atoms with E-state index >= 15 is 4.39 Å². The van der Waals surface area contributed by atoms with Crippen LogP contribution in [0.3, 0.4) is 0 Å². The van der Waals surface area contributed by atoms with E-state index in [-0.39, 0.29) is 22.9 Å². The highest BCUT2D eigenvalue weighted by Crippen LogP contribution is 2.32. The highest BCUT2D eigenvalue weighted by molar-refractivity contribution is 7.92. The van der Waals surface area contributed by atoms with Gasteiger partial charge in [-0.3, -0.25) is 9.52 Å². The van der Waals surface area contributed by atoms with Crippen LogP contribution in [-0.4, -0.2) is 66.1 Å². The number of anilines is 2. The summed E-state index contributed by atoms with van der Waals surface area (Å²) in [6.45, 7) is 4.74. The lowest BCUT2D eigenvalue weighted by Crippen LogP contribution is -2.44. The molecule has 3 aromatic heterocycles. The lowest BCUT2D eigenvalue weighted by molar-refractivity contribution is 0.103. The average molecular weight is 576 g/mol. The van der Waals surface area contributed by atoms with Gasteiger partial charge < -0.3 is 15.2 Å². The van der Waals surface area contributed by atoms with Crippen molar-refractivity contribution in [2.75, 3.05) is 41.6 Å². The number of aromatic nitrogens is 4. The first-order valence-electron chi connectivity index (χ1n) is 12.2. The van der Waals surface area contributed by atoms with Crippen LogP contribution in [0.25, 0.3) is 22.2 Å². The number of hydrogen-bond donors (Lipinski definition) is 3. The minimum Gasteiger partial charge on any atom is -0.345 e. The van der Waals surface area contributed by atoms with Crippen LogP contribution in [0.1, 0.15) is 29.3 Å². The SMILES string of the molecule is CCCS(=O)(=O)Nc1c(F)ccc(C(=O)c2c[nH]c3ncc(-c4cnc(N5CCNCC5)nc4Cl)cc23)c1F. The van der Waals surface area contributed by atoms with Crippen LogP contribution in [0.5, 0.6) is 0 Å². The molecular formula is C25H24ClF2N7O3S. The summed E-state index contributed by atoms with van der Waals surface area (Å²) in [5, 5.41) is 3.82. The quantitative estimate of drug-likeness (QED) is 0.214.